The summed E-state index contributed by atoms with van der Waals surface area (Å²) in [5.41, 5.74) is 0.748. The van der Waals surface area contributed by atoms with Crippen LogP contribution in [0.25, 0.3) is 0 Å². The van der Waals surface area contributed by atoms with Gasteiger partial charge in [0.1, 0.15) is 5.75 Å². The lowest BCUT2D eigenvalue weighted by atomic mass is 9.94. The average molecular weight is 403 g/mol. The van der Waals surface area contributed by atoms with Crippen molar-refractivity contribution in [2.24, 2.45) is 5.92 Å². The molecule has 2 fully saturated rings. The van der Waals surface area contributed by atoms with E-state index < -0.39 is 0 Å². The number of carbonyl (C=O) groups is 2. The lowest BCUT2D eigenvalue weighted by Crippen LogP contribution is -2.59. The second-order valence-corrected chi connectivity index (χ2v) is 8.33. The Morgan fingerprint density at radius 2 is 1.66 bits per heavy atom. The second kappa shape index (κ2) is 9.96. The molecule has 0 aromatic heterocycles. The number of hydrogen-bond acceptors (Lipinski definition) is 4. The molecule has 7 nitrogen and oxygen atoms in total. The maximum Gasteiger partial charge on any atom is 0.321 e. The highest BCUT2D eigenvalue weighted by atomic mass is 16.5. The Morgan fingerprint density at radius 1 is 1.03 bits per heavy atom. The Kier molecular flexibility index (Phi) is 7.36. The summed E-state index contributed by atoms with van der Waals surface area (Å²) in [5.74, 6) is 1.32. The van der Waals surface area contributed by atoms with E-state index in [1.807, 2.05) is 43.0 Å². The summed E-state index contributed by atoms with van der Waals surface area (Å²) < 4.78 is 5.15. The summed E-state index contributed by atoms with van der Waals surface area (Å²) in [6.07, 6.45) is 4.66. The highest BCUT2D eigenvalue weighted by Gasteiger charge is 2.37. The molecule has 1 aromatic rings. The van der Waals surface area contributed by atoms with Gasteiger partial charge < -0.3 is 20.3 Å². The molecule has 1 aliphatic carbocycles. The van der Waals surface area contributed by atoms with E-state index in [0.29, 0.717) is 19.0 Å². The molecule has 3 rings (SSSR count). The number of benzene rings is 1. The molecule has 3 amide bonds. The van der Waals surface area contributed by atoms with Crippen molar-refractivity contribution in [1.82, 2.24) is 15.1 Å². The molecule has 1 aliphatic heterocycles. The van der Waals surface area contributed by atoms with E-state index in [-0.39, 0.29) is 24.0 Å². The van der Waals surface area contributed by atoms with Gasteiger partial charge >= 0.3 is 6.03 Å². The molecule has 1 atom stereocenters. The number of carbonyl (C=O) groups excluding carboxylic acids is 2. The average Bonchev–Trinajstić information content (AvgIpc) is 3.23. The first kappa shape index (κ1) is 21.4. The predicted octanol–water partition coefficient (Wildman–Crippen LogP) is 2.93. The first-order chi connectivity index (χ1) is 14.0. The number of rotatable bonds is 6. The molecule has 29 heavy (non-hydrogen) atoms. The van der Waals surface area contributed by atoms with Gasteiger partial charge in [-0.25, -0.2) is 4.79 Å². The van der Waals surface area contributed by atoms with E-state index >= 15 is 0 Å². The van der Waals surface area contributed by atoms with Gasteiger partial charge in [-0.2, -0.15) is 0 Å². The number of anilines is 1. The van der Waals surface area contributed by atoms with E-state index in [1.54, 1.807) is 7.11 Å². The lowest BCUT2D eigenvalue weighted by molar-refractivity contribution is -0.129. The summed E-state index contributed by atoms with van der Waals surface area (Å²) in [7, 11) is 1.62. The van der Waals surface area contributed by atoms with Crippen LogP contribution in [0.2, 0.25) is 0 Å². The topological polar surface area (TPSA) is 73.9 Å². The van der Waals surface area contributed by atoms with Crippen LogP contribution in [-0.4, -0.2) is 67.1 Å². The molecule has 2 aliphatic rings. The first-order valence-corrected chi connectivity index (χ1v) is 10.7. The maximum absolute atomic E-state index is 12.9. The number of ether oxygens (including phenoxy) is 1. The Balaban J connectivity index is 1.56. The molecule has 7 heteroatoms. The molecule has 1 aromatic carbocycles. The zero-order valence-corrected chi connectivity index (χ0v) is 17.8. The summed E-state index contributed by atoms with van der Waals surface area (Å²) in [6.45, 7) is 6.71. The highest BCUT2D eigenvalue weighted by Crippen LogP contribution is 2.31. The third-order valence-electron chi connectivity index (χ3n) is 5.88. The van der Waals surface area contributed by atoms with Crippen molar-refractivity contribution in [3.63, 3.8) is 0 Å². The number of amides is 3. The number of piperazine rings is 1. The van der Waals surface area contributed by atoms with Gasteiger partial charge in [-0.3, -0.25) is 9.69 Å². The fourth-order valence-corrected chi connectivity index (χ4v) is 4.40. The summed E-state index contributed by atoms with van der Waals surface area (Å²) >= 11 is 0. The van der Waals surface area contributed by atoms with Gasteiger partial charge in [0.15, 0.2) is 0 Å². The van der Waals surface area contributed by atoms with Gasteiger partial charge in [0.25, 0.3) is 0 Å². The van der Waals surface area contributed by atoms with Crippen LogP contribution in [0.3, 0.4) is 0 Å². The van der Waals surface area contributed by atoms with E-state index in [0.717, 1.165) is 37.4 Å². The van der Waals surface area contributed by atoms with Crippen LogP contribution < -0.4 is 15.4 Å². The summed E-state index contributed by atoms with van der Waals surface area (Å²) in [5, 5.41) is 6.05. The highest BCUT2D eigenvalue weighted by molar-refractivity contribution is 5.89. The van der Waals surface area contributed by atoms with Gasteiger partial charge in [-0.05, 0) is 56.9 Å². The van der Waals surface area contributed by atoms with Crippen LogP contribution >= 0.6 is 0 Å². The molecule has 1 saturated carbocycles. The van der Waals surface area contributed by atoms with Gasteiger partial charge in [-0.15, -0.1) is 0 Å². The molecule has 1 heterocycles. The second-order valence-electron chi connectivity index (χ2n) is 8.33. The molecular formula is C22H34N4O3. The Hall–Kier alpha value is -2.28. The molecule has 1 saturated heterocycles. The quantitative estimate of drug-likeness (QED) is 0.767. The predicted molar refractivity (Wildman–Crippen MR) is 114 cm³/mol. The SMILES string of the molecule is COc1ccc(NC(=O)N2CCN(C(C(=O)NC(C)C)C3CCCC3)CC2)cc1. The Bertz CT molecular complexity index is 678. The van der Waals surface area contributed by atoms with Crippen molar-refractivity contribution < 1.29 is 14.3 Å². The molecule has 160 valence electrons. The first-order valence-electron chi connectivity index (χ1n) is 10.7. The fourth-order valence-electron chi connectivity index (χ4n) is 4.40. The maximum atomic E-state index is 12.9. The lowest BCUT2D eigenvalue weighted by Gasteiger charge is -2.41. The largest absolute Gasteiger partial charge is 0.497 e. The van der Waals surface area contributed by atoms with Crippen LogP contribution in [0.4, 0.5) is 10.5 Å². The van der Waals surface area contributed by atoms with Crippen molar-refractivity contribution in [2.75, 3.05) is 38.6 Å². The van der Waals surface area contributed by atoms with Crippen molar-refractivity contribution >= 4 is 17.6 Å². The minimum atomic E-state index is -0.0983. The van der Waals surface area contributed by atoms with Gasteiger partial charge in [0.2, 0.25) is 5.91 Å². The van der Waals surface area contributed by atoms with Gasteiger partial charge in [-0.1, -0.05) is 12.8 Å². The van der Waals surface area contributed by atoms with E-state index in [2.05, 4.69) is 15.5 Å². The molecule has 1 unspecified atom stereocenters. The van der Waals surface area contributed by atoms with Crippen molar-refractivity contribution in [3.05, 3.63) is 24.3 Å². The molecular weight excluding hydrogens is 368 g/mol. The minimum Gasteiger partial charge on any atom is -0.497 e. The van der Waals surface area contributed by atoms with Gasteiger partial charge in [0.05, 0.1) is 13.2 Å². The van der Waals surface area contributed by atoms with Crippen LogP contribution in [0.15, 0.2) is 24.3 Å². The third-order valence-corrected chi connectivity index (χ3v) is 5.88. The molecule has 0 bridgehead atoms. The number of nitrogens with one attached hydrogen (secondary N) is 2. The zero-order chi connectivity index (χ0) is 20.8. The summed E-state index contributed by atoms with van der Waals surface area (Å²) in [4.78, 5) is 29.6. The third kappa shape index (κ3) is 5.63. The van der Waals surface area contributed by atoms with E-state index in [1.165, 1.54) is 12.8 Å². The normalized spacial score (nSPS) is 19.2. The van der Waals surface area contributed by atoms with Crippen LogP contribution in [0, 0.1) is 5.92 Å². The minimum absolute atomic E-state index is 0.0771. The molecule has 2 N–H and O–H groups in total. The Morgan fingerprint density at radius 3 is 2.21 bits per heavy atom. The van der Waals surface area contributed by atoms with Crippen molar-refractivity contribution in [2.45, 2.75) is 51.6 Å². The monoisotopic (exact) mass is 402 g/mol. The van der Waals surface area contributed by atoms with Crippen molar-refractivity contribution in [3.8, 4) is 5.75 Å². The van der Waals surface area contributed by atoms with Crippen LogP contribution in [0.1, 0.15) is 39.5 Å². The number of nitrogens with zero attached hydrogens (tertiary/aromatic N) is 2. The standard InChI is InChI=1S/C22H34N4O3/c1-16(2)23-21(27)20(17-6-4-5-7-17)25-12-14-26(15-13-25)22(28)24-18-8-10-19(29-3)11-9-18/h8-11,16-17,20H,4-7,12-15H2,1-3H3,(H,23,27)(H,24,28). The molecule has 0 spiro atoms. The smallest absolute Gasteiger partial charge is 0.321 e. The van der Waals surface area contributed by atoms with Gasteiger partial charge in [0, 0.05) is 37.9 Å². The van der Waals surface area contributed by atoms with Crippen molar-refractivity contribution in [1.29, 1.82) is 0 Å². The molecule has 0 radical (unpaired) electrons. The number of methoxy groups -OCH3 is 1. The zero-order valence-electron chi connectivity index (χ0n) is 17.8. The number of hydrogen-bond donors (Lipinski definition) is 2. The Labute approximate surface area is 173 Å². The summed E-state index contributed by atoms with van der Waals surface area (Å²) in [6, 6.07) is 7.28. The fraction of sp³-hybridized carbons (Fsp3) is 0.636. The van der Waals surface area contributed by atoms with E-state index in [4.69, 9.17) is 4.74 Å². The van der Waals surface area contributed by atoms with E-state index in [9.17, 15) is 9.59 Å². The van der Waals surface area contributed by atoms with Crippen LogP contribution in [0.5, 0.6) is 5.75 Å². The number of urea groups is 1. The van der Waals surface area contributed by atoms with Crippen LogP contribution in [-0.2, 0) is 4.79 Å².